The smallest absolute Gasteiger partial charge is 0.147 e. The molecular weight excluding hydrogens is 248 g/mol. The van der Waals surface area contributed by atoms with Gasteiger partial charge in [-0.05, 0) is 19.3 Å². The zero-order valence-electron chi connectivity index (χ0n) is 13.1. The second-order valence-electron chi connectivity index (χ2n) is 6.01. The molecule has 0 saturated carbocycles. The van der Waals surface area contributed by atoms with Gasteiger partial charge < -0.3 is 10.2 Å². The summed E-state index contributed by atoms with van der Waals surface area (Å²) in [5.74, 6) is 1.05. The van der Waals surface area contributed by atoms with Gasteiger partial charge in [0, 0.05) is 25.2 Å². The van der Waals surface area contributed by atoms with Gasteiger partial charge in [0.05, 0.1) is 18.1 Å². The van der Waals surface area contributed by atoms with Crippen LogP contribution in [0.1, 0.15) is 58.6 Å². The van der Waals surface area contributed by atoms with E-state index in [1.165, 1.54) is 32.1 Å². The zero-order valence-corrected chi connectivity index (χ0v) is 13.1. The Bertz CT molecular complexity index is 388. The standard InChI is InChI=1S/C16H28N4/c1-4-15-8-6-5-7-9-20(15)16-12-18-14(11-19-16)10-17-13(2)3/h11-13,15,17H,4-10H2,1-3H3. The fourth-order valence-corrected chi connectivity index (χ4v) is 2.80. The summed E-state index contributed by atoms with van der Waals surface area (Å²) in [6, 6.07) is 1.11. The SMILES string of the molecule is CCC1CCCCCN1c1cnc(CNC(C)C)cn1. The van der Waals surface area contributed by atoms with Gasteiger partial charge in [0.1, 0.15) is 5.82 Å². The van der Waals surface area contributed by atoms with Crippen molar-refractivity contribution in [1.29, 1.82) is 0 Å². The summed E-state index contributed by atoms with van der Waals surface area (Å²) in [6.07, 6.45) is 10.3. The van der Waals surface area contributed by atoms with Crippen molar-refractivity contribution in [1.82, 2.24) is 15.3 Å². The first kappa shape index (κ1) is 15.2. The van der Waals surface area contributed by atoms with Gasteiger partial charge in [0.2, 0.25) is 0 Å². The number of anilines is 1. The molecule has 1 unspecified atom stereocenters. The predicted octanol–water partition coefficient (Wildman–Crippen LogP) is 3.13. The Balaban J connectivity index is 2.03. The maximum Gasteiger partial charge on any atom is 0.147 e. The van der Waals surface area contributed by atoms with E-state index in [-0.39, 0.29) is 0 Å². The Morgan fingerprint density at radius 2 is 2.10 bits per heavy atom. The Morgan fingerprint density at radius 3 is 2.75 bits per heavy atom. The summed E-state index contributed by atoms with van der Waals surface area (Å²) >= 11 is 0. The van der Waals surface area contributed by atoms with Gasteiger partial charge in [0.15, 0.2) is 0 Å². The van der Waals surface area contributed by atoms with Crippen molar-refractivity contribution in [2.45, 2.75) is 71.5 Å². The molecule has 0 amide bonds. The van der Waals surface area contributed by atoms with Crippen molar-refractivity contribution in [3.05, 3.63) is 18.1 Å². The highest BCUT2D eigenvalue weighted by Gasteiger charge is 2.20. The Hall–Kier alpha value is -1.16. The molecule has 20 heavy (non-hydrogen) atoms. The highest BCUT2D eigenvalue weighted by atomic mass is 15.2. The highest BCUT2D eigenvalue weighted by molar-refractivity contribution is 5.37. The maximum absolute atomic E-state index is 4.64. The molecule has 4 nitrogen and oxygen atoms in total. The first-order valence-electron chi connectivity index (χ1n) is 8.01. The quantitative estimate of drug-likeness (QED) is 0.897. The highest BCUT2D eigenvalue weighted by Crippen LogP contribution is 2.23. The summed E-state index contributed by atoms with van der Waals surface area (Å²) < 4.78 is 0. The number of rotatable bonds is 5. The summed E-state index contributed by atoms with van der Waals surface area (Å²) in [6.45, 7) is 8.48. The van der Waals surface area contributed by atoms with Crippen LogP contribution in [-0.2, 0) is 6.54 Å². The summed E-state index contributed by atoms with van der Waals surface area (Å²) in [5.41, 5.74) is 1.02. The molecular formula is C16H28N4. The largest absolute Gasteiger partial charge is 0.352 e. The van der Waals surface area contributed by atoms with Crippen molar-refractivity contribution >= 4 is 5.82 Å². The van der Waals surface area contributed by atoms with E-state index >= 15 is 0 Å². The van der Waals surface area contributed by atoms with Crippen LogP contribution in [0.25, 0.3) is 0 Å². The van der Waals surface area contributed by atoms with Crippen LogP contribution in [0.4, 0.5) is 5.82 Å². The van der Waals surface area contributed by atoms with Crippen LogP contribution in [0.3, 0.4) is 0 Å². The molecule has 1 N–H and O–H groups in total. The predicted molar refractivity (Wildman–Crippen MR) is 83.9 cm³/mol. The van der Waals surface area contributed by atoms with Gasteiger partial charge in [-0.3, -0.25) is 4.98 Å². The summed E-state index contributed by atoms with van der Waals surface area (Å²) in [4.78, 5) is 11.7. The molecule has 1 fully saturated rings. The normalized spacial score (nSPS) is 20.2. The molecule has 1 aromatic rings. The third kappa shape index (κ3) is 4.17. The van der Waals surface area contributed by atoms with Crippen molar-refractivity contribution in [2.24, 2.45) is 0 Å². The van der Waals surface area contributed by atoms with Gasteiger partial charge in [-0.2, -0.15) is 0 Å². The molecule has 0 aromatic carbocycles. The average molecular weight is 276 g/mol. The van der Waals surface area contributed by atoms with Gasteiger partial charge in [-0.25, -0.2) is 4.98 Å². The van der Waals surface area contributed by atoms with Crippen LogP contribution in [0.5, 0.6) is 0 Å². The number of aromatic nitrogens is 2. The monoisotopic (exact) mass is 276 g/mol. The lowest BCUT2D eigenvalue weighted by Gasteiger charge is -2.30. The lowest BCUT2D eigenvalue weighted by atomic mass is 10.1. The topological polar surface area (TPSA) is 41.1 Å². The van der Waals surface area contributed by atoms with Crippen molar-refractivity contribution in [2.75, 3.05) is 11.4 Å². The third-order valence-corrected chi connectivity index (χ3v) is 4.03. The van der Waals surface area contributed by atoms with Crippen LogP contribution in [0.15, 0.2) is 12.4 Å². The second kappa shape index (κ2) is 7.58. The minimum Gasteiger partial charge on any atom is -0.352 e. The van der Waals surface area contributed by atoms with E-state index in [9.17, 15) is 0 Å². The van der Waals surface area contributed by atoms with Crippen LogP contribution in [-0.4, -0.2) is 28.6 Å². The van der Waals surface area contributed by atoms with Crippen LogP contribution >= 0.6 is 0 Å². The summed E-state index contributed by atoms with van der Waals surface area (Å²) in [5, 5.41) is 3.37. The van der Waals surface area contributed by atoms with E-state index < -0.39 is 0 Å². The van der Waals surface area contributed by atoms with Gasteiger partial charge >= 0.3 is 0 Å². The van der Waals surface area contributed by atoms with Crippen molar-refractivity contribution < 1.29 is 0 Å². The number of hydrogen-bond donors (Lipinski definition) is 1. The van der Waals surface area contributed by atoms with Crippen LogP contribution in [0, 0.1) is 0 Å². The molecule has 2 rings (SSSR count). The molecule has 0 aliphatic carbocycles. The van der Waals surface area contributed by atoms with Gasteiger partial charge in [-0.15, -0.1) is 0 Å². The molecule has 1 aliphatic heterocycles. The van der Waals surface area contributed by atoms with Crippen molar-refractivity contribution in [3.8, 4) is 0 Å². The molecule has 1 aliphatic rings. The molecule has 0 radical (unpaired) electrons. The zero-order chi connectivity index (χ0) is 14.4. The van der Waals surface area contributed by atoms with E-state index in [4.69, 9.17) is 0 Å². The average Bonchev–Trinajstić information content (AvgIpc) is 2.70. The lowest BCUT2D eigenvalue weighted by molar-refractivity contribution is 0.550. The van der Waals surface area contributed by atoms with E-state index in [2.05, 4.69) is 41.0 Å². The third-order valence-electron chi connectivity index (χ3n) is 4.03. The lowest BCUT2D eigenvalue weighted by Crippen LogP contribution is -2.35. The minimum atomic E-state index is 0.478. The first-order chi connectivity index (χ1) is 9.70. The molecule has 0 bridgehead atoms. The fraction of sp³-hybridized carbons (Fsp3) is 0.750. The second-order valence-corrected chi connectivity index (χ2v) is 6.01. The molecule has 0 spiro atoms. The number of hydrogen-bond acceptors (Lipinski definition) is 4. The van der Waals surface area contributed by atoms with Gasteiger partial charge in [-0.1, -0.05) is 33.6 Å². The van der Waals surface area contributed by atoms with Gasteiger partial charge in [0.25, 0.3) is 0 Å². The molecule has 1 aromatic heterocycles. The van der Waals surface area contributed by atoms with E-state index in [0.717, 1.165) is 24.6 Å². The van der Waals surface area contributed by atoms with Crippen LogP contribution < -0.4 is 10.2 Å². The first-order valence-corrected chi connectivity index (χ1v) is 8.01. The Labute approximate surface area is 123 Å². The van der Waals surface area contributed by atoms with E-state index in [1.807, 2.05) is 12.4 Å². The molecule has 1 atom stereocenters. The number of nitrogens with zero attached hydrogens (tertiary/aromatic N) is 3. The molecule has 1 saturated heterocycles. The number of nitrogens with one attached hydrogen (secondary N) is 1. The summed E-state index contributed by atoms with van der Waals surface area (Å²) in [7, 11) is 0. The molecule has 4 heteroatoms. The molecule has 2 heterocycles. The maximum atomic E-state index is 4.64. The van der Waals surface area contributed by atoms with E-state index in [0.29, 0.717) is 12.1 Å². The Morgan fingerprint density at radius 1 is 1.25 bits per heavy atom. The van der Waals surface area contributed by atoms with Crippen LogP contribution in [0.2, 0.25) is 0 Å². The minimum absolute atomic E-state index is 0.478. The van der Waals surface area contributed by atoms with Crippen molar-refractivity contribution in [3.63, 3.8) is 0 Å². The Kier molecular flexibility index (Phi) is 5.77. The van der Waals surface area contributed by atoms with E-state index in [1.54, 1.807) is 0 Å². The fourth-order valence-electron chi connectivity index (χ4n) is 2.80. The molecule has 112 valence electrons.